The van der Waals surface area contributed by atoms with E-state index in [0.29, 0.717) is 31.0 Å². The minimum absolute atomic E-state index is 0.00631. The summed E-state index contributed by atoms with van der Waals surface area (Å²) in [6, 6.07) is -1.20. The van der Waals surface area contributed by atoms with Crippen LogP contribution in [0.5, 0.6) is 0 Å². The highest BCUT2D eigenvalue weighted by Crippen LogP contribution is 2.51. The summed E-state index contributed by atoms with van der Waals surface area (Å²) in [6.07, 6.45) is 3.48. The van der Waals surface area contributed by atoms with Gasteiger partial charge in [-0.1, -0.05) is 6.92 Å². The molecule has 3 amide bonds. The maximum absolute atomic E-state index is 13.1. The lowest BCUT2D eigenvalue weighted by Crippen LogP contribution is -2.66. The maximum Gasteiger partial charge on any atom is 0.353 e. The Balaban J connectivity index is 1.21. The minimum Gasteiger partial charge on any atom is -0.477 e. The quantitative estimate of drug-likeness (QED) is 0.261. The molecule has 0 saturated carbocycles. The number of hydrogen-bond acceptors (Lipinski definition) is 10. The number of carboxylic acids is 1. The van der Waals surface area contributed by atoms with E-state index < -0.39 is 17.9 Å². The molecule has 4 aliphatic rings. The zero-order valence-corrected chi connectivity index (χ0v) is 22.7. The molecule has 0 aromatic carbocycles. The second kappa shape index (κ2) is 11.2. The number of fused-ring (bicyclic) bond motifs is 1. The number of β-lactam (4-membered cyclic amide) rings is 1. The number of likely N-dealkylation sites (tertiary alicyclic amines) is 1. The summed E-state index contributed by atoms with van der Waals surface area (Å²) >= 11 is 1.44. The first-order chi connectivity index (χ1) is 18.7. The number of nitrogens with zero attached hydrogens (tertiary/aromatic N) is 6. The standard InChI is InChI=1S/C24H34N8O6S/c1-12-19-18(13(2)27-17(34)9-31-11-26-28-29-31)23(36)32(19)20(24(37)38)21(12)39-15-7-16(25-8-15)22(35)30-5-3-14(10-33)4-6-30/h11-16,18-19,25,33H,3-10H2,1-2H3,(H,27,34)(H,37,38)/t12-,13?,15+,16+,18-,19-/m1/s1. The van der Waals surface area contributed by atoms with Gasteiger partial charge in [-0.05, 0) is 42.5 Å². The fraction of sp³-hybridized carbons (Fsp3) is 0.708. The van der Waals surface area contributed by atoms with Crippen molar-refractivity contribution in [2.75, 3.05) is 26.2 Å². The minimum atomic E-state index is -1.15. The van der Waals surface area contributed by atoms with Gasteiger partial charge >= 0.3 is 5.97 Å². The average Bonchev–Trinajstić information content (AvgIpc) is 3.64. The lowest BCUT2D eigenvalue weighted by molar-refractivity contribution is -0.158. The van der Waals surface area contributed by atoms with Crippen LogP contribution in [0.1, 0.15) is 33.1 Å². The molecule has 15 heteroatoms. The van der Waals surface area contributed by atoms with Gasteiger partial charge in [-0.3, -0.25) is 14.4 Å². The van der Waals surface area contributed by atoms with E-state index in [2.05, 4.69) is 26.2 Å². The summed E-state index contributed by atoms with van der Waals surface area (Å²) in [5, 5.41) is 36.2. The molecule has 6 atom stereocenters. The molecule has 39 heavy (non-hydrogen) atoms. The normalized spacial score (nSPS) is 29.8. The van der Waals surface area contributed by atoms with E-state index in [-0.39, 0.29) is 65.7 Å². The zero-order chi connectivity index (χ0) is 27.8. The molecule has 0 radical (unpaired) electrons. The summed E-state index contributed by atoms with van der Waals surface area (Å²) in [4.78, 5) is 54.8. The van der Waals surface area contributed by atoms with Crippen LogP contribution in [-0.4, -0.2) is 114 Å². The van der Waals surface area contributed by atoms with Gasteiger partial charge in [0.1, 0.15) is 18.6 Å². The number of nitrogens with one attached hydrogen (secondary N) is 2. The highest BCUT2D eigenvalue weighted by atomic mass is 32.2. The van der Waals surface area contributed by atoms with Gasteiger partial charge in [0.15, 0.2) is 0 Å². The molecule has 212 valence electrons. The molecule has 5 rings (SSSR count). The fourth-order valence-electron chi connectivity index (χ4n) is 6.20. The van der Waals surface area contributed by atoms with Gasteiger partial charge in [0.05, 0.1) is 18.0 Å². The van der Waals surface area contributed by atoms with Crippen molar-refractivity contribution in [2.24, 2.45) is 17.8 Å². The number of tetrazole rings is 1. The van der Waals surface area contributed by atoms with Crippen LogP contribution in [0.2, 0.25) is 0 Å². The highest BCUT2D eigenvalue weighted by molar-refractivity contribution is 8.03. The molecule has 1 unspecified atom stereocenters. The van der Waals surface area contributed by atoms with Gasteiger partial charge in [-0.15, -0.1) is 16.9 Å². The molecule has 14 nitrogen and oxygen atoms in total. The molecule has 1 aromatic heterocycles. The third kappa shape index (κ3) is 5.26. The van der Waals surface area contributed by atoms with Crippen molar-refractivity contribution in [1.29, 1.82) is 0 Å². The highest BCUT2D eigenvalue weighted by Gasteiger charge is 2.60. The summed E-state index contributed by atoms with van der Waals surface area (Å²) in [7, 11) is 0. The third-order valence-electron chi connectivity index (χ3n) is 8.28. The van der Waals surface area contributed by atoms with Crippen LogP contribution in [-0.2, 0) is 25.7 Å². The first kappa shape index (κ1) is 27.5. The zero-order valence-electron chi connectivity index (χ0n) is 21.9. The van der Waals surface area contributed by atoms with E-state index in [0.717, 1.165) is 12.8 Å². The number of carbonyl (C=O) groups is 4. The summed E-state index contributed by atoms with van der Waals surface area (Å²) < 4.78 is 1.28. The Labute approximate surface area is 229 Å². The number of thioether (sulfide) groups is 1. The van der Waals surface area contributed by atoms with Crippen molar-refractivity contribution in [1.82, 2.24) is 40.6 Å². The smallest absolute Gasteiger partial charge is 0.353 e. The van der Waals surface area contributed by atoms with Crippen LogP contribution in [0.3, 0.4) is 0 Å². The molecular formula is C24H34N8O6S. The number of piperidine rings is 1. The first-order valence-corrected chi connectivity index (χ1v) is 14.2. The molecule has 1 aromatic rings. The van der Waals surface area contributed by atoms with Crippen LogP contribution < -0.4 is 10.6 Å². The van der Waals surface area contributed by atoms with E-state index in [1.165, 1.54) is 27.7 Å². The van der Waals surface area contributed by atoms with Gasteiger partial charge in [-0.2, -0.15) is 0 Å². The maximum atomic E-state index is 13.1. The second-order valence-corrected chi connectivity index (χ2v) is 12.1. The summed E-state index contributed by atoms with van der Waals surface area (Å²) in [5.41, 5.74) is 0.00631. The first-order valence-electron chi connectivity index (χ1n) is 13.3. The molecular weight excluding hydrogens is 528 g/mol. The number of aliphatic hydroxyl groups is 1. The van der Waals surface area contributed by atoms with E-state index >= 15 is 0 Å². The summed E-state index contributed by atoms with van der Waals surface area (Å²) in [6.45, 7) is 5.55. The second-order valence-electron chi connectivity index (χ2n) is 10.8. The summed E-state index contributed by atoms with van der Waals surface area (Å²) in [5.74, 6) is -2.30. The van der Waals surface area contributed by atoms with Crippen LogP contribution >= 0.6 is 11.8 Å². The van der Waals surface area contributed by atoms with E-state index in [1.807, 2.05) is 11.8 Å². The third-order valence-corrected chi connectivity index (χ3v) is 9.79. The Morgan fingerprint density at radius 3 is 2.67 bits per heavy atom. The van der Waals surface area contributed by atoms with Gasteiger partial charge in [0, 0.05) is 48.4 Å². The Kier molecular flexibility index (Phi) is 7.91. The predicted octanol–water partition coefficient (Wildman–Crippen LogP) is -1.35. The molecule has 5 heterocycles. The van der Waals surface area contributed by atoms with Crippen LogP contribution in [0.15, 0.2) is 16.9 Å². The number of aliphatic carboxylic acids is 1. The Morgan fingerprint density at radius 2 is 2.03 bits per heavy atom. The number of carboxylic acid groups (broad SMARTS) is 1. The monoisotopic (exact) mass is 562 g/mol. The largest absolute Gasteiger partial charge is 0.477 e. The lowest BCUT2D eigenvalue weighted by atomic mass is 9.78. The van der Waals surface area contributed by atoms with Crippen LogP contribution in [0.25, 0.3) is 0 Å². The molecule has 3 fully saturated rings. The SMILES string of the molecule is CC(NC(=O)Cn1cnnn1)[C@H]1C(=O)N2C(C(=O)O)=C(S[C@@H]3CN[C@H](C(=O)N4CCC(CO)CC4)C3)[C@H](C)[C@H]12. The predicted molar refractivity (Wildman–Crippen MR) is 138 cm³/mol. The molecule has 4 aliphatic heterocycles. The van der Waals surface area contributed by atoms with Crippen molar-refractivity contribution in [3.63, 3.8) is 0 Å². The number of rotatable bonds is 9. The lowest BCUT2D eigenvalue weighted by Gasteiger charge is -2.47. The average molecular weight is 563 g/mol. The van der Waals surface area contributed by atoms with Gasteiger partial charge in [0.2, 0.25) is 17.7 Å². The van der Waals surface area contributed by atoms with Crippen LogP contribution in [0.4, 0.5) is 0 Å². The topological polar surface area (TPSA) is 183 Å². The molecule has 0 spiro atoms. The van der Waals surface area contributed by atoms with Gasteiger partial charge in [0.25, 0.3) is 0 Å². The van der Waals surface area contributed by atoms with Crippen molar-refractivity contribution < 1.29 is 29.4 Å². The van der Waals surface area contributed by atoms with E-state index in [4.69, 9.17) is 0 Å². The Bertz CT molecular complexity index is 1150. The van der Waals surface area contributed by atoms with Crippen molar-refractivity contribution in [3.8, 4) is 0 Å². The van der Waals surface area contributed by atoms with Gasteiger partial charge < -0.3 is 30.6 Å². The molecule has 4 N–H and O–H groups in total. The molecule has 0 bridgehead atoms. The Hall–Kier alpha value is -3.04. The van der Waals surface area contributed by atoms with E-state index in [1.54, 1.807) is 6.92 Å². The van der Waals surface area contributed by atoms with Gasteiger partial charge in [-0.25, -0.2) is 9.48 Å². The van der Waals surface area contributed by atoms with Crippen LogP contribution in [0, 0.1) is 17.8 Å². The fourth-order valence-corrected chi connectivity index (χ4v) is 7.68. The number of aliphatic hydroxyl groups excluding tert-OH is 1. The van der Waals surface area contributed by atoms with E-state index in [9.17, 15) is 29.4 Å². The van der Waals surface area contributed by atoms with Crippen molar-refractivity contribution in [3.05, 3.63) is 16.9 Å². The number of amides is 3. The number of aromatic nitrogens is 4. The Morgan fingerprint density at radius 1 is 1.28 bits per heavy atom. The molecule has 3 saturated heterocycles. The number of hydrogen-bond donors (Lipinski definition) is 4. The van der Waals surface area contributed by atoms with Crippen molar-refractivity contribution in [2.45, 2.75) is 63.0 Å². The molecule has 0 aliphatic carbocycles. The van der Waals surface area contributed by atoms with Crippen molar-refractivity contribution >= 4 is 35.5 Å². The number of carbonyl (C=O) groups excluding carboxylic acids is 3.